The number of hydrogen-bond acceptors (Lipinski definition) is 12. The molecule has 0 saturated heterocycles. The Bertz CT molecular complexity index is 1350. The second-order valence-electron chi connectivity index (χ2n) is 8.32. The molecule has 39 heavy (non-hydrogen) atoms. The maximum absolute atomic E-state index is 9.36. The van der Waals surface area contributed by atoms with Crippen LogP contribution in [0.3, 0.4) is 0 Å². The molecule has 13 heteroatoms. The first-order valence-electron chi connectivity index (χ1n) is 12.1. The predicted molar refractivity (Wildman–Crippen MR) is 147 cm³/mol. The van der Waals surface area contributed by atoms with E-state index >= 15 is 0 Å². The van der Waals surface area contributed by atoms with E-state index < -0.39 is 6.10 Å². The van der Waals surface area contributed by atoms with Gasteiger partial charge in [-0.2, -0.15) is 0 Å². The van der Waals surface area contributed by atoms with Gasteiger partial charge < -0.3 is 24.1 Å². The average molecular weight is 554 g/mol. The SMILES string of the molecule is COc1cccc(-c2nnc(NSC(C)C(OCCO)c3ncc(C)cn3)n2-c2c(OC)cccc2OC)n1. The number of aryl methyl sites for hydroxylation is 1. The Kier molecular flexibility index (Phi) is 9.52. The number of nitrogens with zero attached hydrogens (tertiary/aromatic N) is 6. The number of ether oxygens (including phenoxy) is 4. The first-order valence-corrected chi connectivity index (χ1v) is 13.0. The van der Waals surface area contributed by atoms with Gasteiger partial charge in [0.05, 0.1) is 39.8 Å². The van der Waals surface area contributed by atoms with Crippen LogP contribution in [0.1, 0.15) is 24.4 Å². The largest absolute Gasteiger partial charge is 0.494 e. The third-order valence-electron chi connectivity index (χ3n) is 5.66. The number of anilines is 1. The van der Waals surface area contributed by atoms with Gasteiger partial charge >= 0.3 is 0 Å². The number of para-hydroxylation sites is 1. The lowest BCUT2D eigenvalue weighted by atomic mass is 10.2. The lowest BCUT2D eigenvalue weighted by Crippen LogP contribution is -2.21. The molecule has 0 aliphatic rings. The Labute approximate surface area is 230 Å². The van der Waals surface area contributed by atoms with Crippen molar-refractivity contribution in [3.63, 3.8) is 0 Å². The third kappa shape index (κ3) is 6.38. The standard InChI is InChI=1S/C26H31N7O5S/c1-16-14-27-24(28-15-16)23(38-13-12-34)17(2)39-32-26-31-30-25(18-8-6-11-21(29-18)37-5)33(26)22-19(35-3)9-7-10-20(22)36-4/h6-11,14-15,17,23,34H,12-13H2,1-5H3,(H,31,32). The molecule has 2 atom stereocenters. The number of benzene rings is 1. The topological polar surface area (TPSA) is 139 Å². The number of aliphatic hydroxyl groups excluding tert-OH is 1. The van der Waals surface area contributed by atoms with Crippen molar-refractivity contribution in [3.05, 3.63) is 60.2 Å². The van der Waals surface area contributed by atoms with E-state index in [1.54, 1.807) is 44.4 Å². The van der Waals surface area contributed by atoms with Crippen molar-refractivity contribution in [1.29, 1.82) is 0 Å². The fourth-order valence-electron chi connectivity index (χ4n) is 3.79. The highest BCUT2D eigenvalue weighted by Gasteiger charge is 2.27. The van der Waals surface area contributed by atoms with Crippen LogP contribution in [0, 0.1) is 6.92 Å². The minimum atomic E-state index is -0.494. The zero-order chi connectivity index (χ0) is 27.8. The molecule has 0 bridgehead atoms. The molecule has 3 aromatic heterocycles. The Morgan fingerprint density at radius 2 is 1.67 bits per heavy atom. The van der Waals surface area contributed by atoms with E-state index in [0.29, 0.717) is 46.4 Å². The van der Waals surface area contributed by atoms with Gasteiger partial charge in [-0.05, 0) is 49.6 Å². The zero-order valence-electron chi connectivity index (χ0n) is 22.4. The first kappa shape index (κ1) is 28.1. The van der Waals surface area contributed by atoms with Crippen molar-refractivity contribution < 1.29 is 24.1 Å². The molecule has 0 aliphatic carbocycles. The van der Waals surface area contributed by atoms with Crippen molar-refractivity contribution in [2.45, 2.75) is 25.2 Å². The Balaban J connectivity index is 1.73. The van der Waals surface area contributed by atoms with Crippen LogP contribution >= 0.6 is 11.9 Å². The highest BCUT2D eigenvalue weighted by Crippen LogP contribution is 2.38. The molecule has 2 unspecified atom stereocenters. The lowest BCUT2D eigenvalue weighted by molar-refractivity contribution is 0.0241. The van der Waals surface area contributed by atoms with E-state index in [1.807, 2.05) is 44.2 Å². The number of nitrogens with one attached hydrogen (secondary N) is 1. The first-order chi connectivity index (χ1) is 19.0. The van der Waals surface area contributed by atoms with Crippen LogP contribution < -0.4 is 18.9 Å². The van der Waals surface area contributed by atoms with Gasteiger partial charge in [-0.1, -0.05) is 12.1 Å². The molecular weight excluding hydrogens is 522 g/mol. The van der Waals surface area contributed by atoms with Gasteiger partial charge in [-0.3, -0.25) is 9.29 Å². The van der Waals surface area contributed by atoms with Gasteiger partial charge in [-0.15, -0.1) is 10.2 Å². The summed E-state index contributed by atoms with van der Waals surface area (Å²) < 4.78 is 27.7. The van der Waals surface area contributed by atoms with Crippen LogP contribution in [0.5, 0.6) is 17.4 Å². The summed E-state index contributed by atoms with van der Waals surface area (Å²) in [4.78, 5) is 13.4. The van der Waals surface area contributed by atoms with E-state index in [4.69, 9.17) is 18.9 Å². The molecule has 4 rings (SSSR count). The van der Waals surface area contributed by atoms with Crippen LogP contribution in [0.15, 0.2) is 48.8 Å². The molecule has 0 fully saturated rings. The summed E-state index contributed by atoms with van der Waals surface area (Å²) in [6.07, 6.45) is 2.98. The van der Waals surface area contributed by atoms with Gasteiger partial charge in [0.2, 0.25) is 11.8 Å². The van der Waals surface area contributed by atoms with E-state index in [-0.39, 0.29) is 18.5 Å². The zero-order valence-corrected chi connectivity index (χ0v) is 23.2. The molecule has 3 heterocycles. The number of rotatable bonds is 13. The number of pyridine rings is 1. The molecule has 0 saturated carbocycles. The van der Waals surface area contributed by atoms with E-state index in [9.17, 15) is 5.11 Å². The summed E-state index contributed by atoms with van der Waals surface area (Å²) in [7, 11) is 4.72. The molecule has 12 nitrogen and oxygen atoms in total. The Morgan fingerprint density at radius 1 is 0.974 bits per heavy atom. The number of aliphatic hydroxyl groups is 1. The van der Waals surface area contributed by atoms with Crippen LogP contribution in [0.2, 0.25) is 0 Å². The maximum atomic E-state index is 9.36. The summed E-state index contributed by atoms with van der Waals surface area (Å²) in [6.45, 7) is 3.91. The fraction of sp³-hybridized carbons (Fsp3) is 0.346. The predicted octanol–water partition coefficient (Wildman–Crippen LogP) is 3.65. The van der Waals surface area contributed by atoms with Crippen LogP contribution in [-0.2, 0) is 4.74 Å². The van der Waals surface area contributed by atoms with Gasteiger partial charge in [0, 0.05) is 18.5 Å². The average Bonchev–Trinajstić information content (AvgIpc) is 3.40. The second kappa shape index (κ2) is 13.2. The number of hydrogen-bond donors (Lipinski definition) is 2. The van der Waals surface area contributed by atoms with E-state index in [2.05, 4.69) is 29.9 Å². The molecular formula is C26H31N7O5S. The van der Waals surface area contributed by atoms with Crippen molar-refractivity contribution in [2.24, 2.45) is 0 Å². The number of aromatic nitrogens is 6. The molecule has 4 aromatic rings. The van der Waals surface area contributed by atoms with Crippen molar-refractivity contribution in [2.75, 3.05) is 39.3 Å². The van der Waals surface area contributed by atoms with Crippen LogP contribution in [0.25, 0.3) is 17.2 Å². The quantitative estimate of drug-likeness (QED) is 0.234. The van der Waals surface area contributed by atoms with Crippen molar-refractivity contribution in [3.8, 4) is 34.6 Å². The molecule has 206 valence electrons. The molecule has 0 radical (unpaired) electrons. The van der Waals surface area contributed by atoms with Crippen molar-refractivity contribution in [1.82, 2.24) is 29.7 Å². The fourth-order valence-corrected chi connectivity index (χ4v) is 4.54. The number of methoxy groups -OCH3 is 3. The Morgan fingerprint density at radius 3 is 2.31 bits per heavy atom. The summed E-state index contributed by atoms with van der Waals surface area (Å²) in [5.41, 5.74) is 2.08. The molecule has 2 N–H and O–H groups in total. The summed E-state index contributed by atoms with van der Waals surface area (Å²) >= 11 is 1.35. The monoisotopic (exact) mass is 553 g/mol. The Hall–Kier alpha value is -3.94. The molecule has 0 aliphatic heterocycles. The highest BCUT2D eigenvalue weighted by molar-refractivity contribution is 8.01. The minimum absolute atomic E-state index is 0.119. The van der Waals surface area contributed by atoms with Gasteiger partial charge in [0.15, 0.2) is 11.6 Å². The minimum Gasteiger partial charge on any atom is -0.494 e. The van der Waals surface area contributed by atoms with Crippen LogP contribution in [0.4, 0.5) is 5.95 Å². The lowest BCUT2D eigenvalue weighted by Gasteiger charge is -2.23. The maximum Gasteiger partial charge on any atom is 0.239 e. The molecule has 0 spiro atoms. The highest BCUT2D eigenvalue weighted by atomic mass is 32.2. The van der Waals surface area contributed by atoms with E-state index in [1.165, 1.54) is 11.9 Å². The van der Waals surface area contributed by atoms with Gasteiger partial charge in [0.25, 0.3) is 0 Å². The second-order valence-corrected chi connectivity index (χ2v) is 9.50. The van der Waals surface area contributed by atoms with E-state index in [0.717, 1.165) is 5.56 Å². The molecule has 1 aromatic carbocycles. The summed E-state index contributed by atoms with van der Waals surface area (Å²) in [5.74, 6) is 2.91. The normalized spacial score (nSPS) is 12.6. The van der Waals surface area contributed by atoms with Crippen molar-refractivity contribution >= 4 is 17.9 Å². The van der Waals surface area contributed by atoms with Crippen LogP contribution in [-0.4, -0.2) is 74.6 Å². The van der Waals surface area contributed by atoms with Gasteiger partial charge in [0.1, 0.15) is 29.0 Å². The third-order valence-corrected chi connectivity index (χ3v) is 6.58. The summed E-state index contributed by atoms with van der Waals surface area (Å²) in [6, 6.07) is 10.9. The molecule has 0 amide bonds. The smallest absolute Gasteiger partial charge is 0.239 e. The summed E-state index contributed by atoms with van der Waals surface area (Å²) in [5, 5.41) is 18.0. The van der Waals surface area contributed by atoms with Gasteiger partial charge in [-0.25, -0.2) is 15.0 Å².